The number of aromatic amines is 1. The Morgan fingerprint density at radius 3 is 3.12 bits per heavy atom. The second kappa shape index (κ2) is 5.27. The maximum Gasteiger partial charge on any atom is 0.0932 e. The van der Waals surface area contributed by atoms with Crippen molar-refractivity contribution in [3.63, 3.8) is 0 Å². The van der Waals surface area contributed by atoms with Crippen LogP contribution in [0, 0.1) is 5.92 Å². The topological polar surface area (TPSA) is 54.7 Å². The molecule has 1 unspecified atom stereocenters. The third kappa shape index (κ3) is 2.71. The van der Waals surface area contributed by atoms with E-state index in [-0.39, 0.29) is 0 Å². The van der Waals surface area contributed by atoms with Gasteiger partial charge in [0.1, 0.15) is 0 Å². The zero-order chi connectivity index (χ0) is 11.4. The van der Waals surface area contributed by atoms with Crippen LogP contribution >= 0.6 is 11.3 Å². The lowest BCUT2D eigenvalue weighted by Gasteiger charge is -2.04. The quantitative estimate of drug-likeness (QED) is 0.837. The number of rotatable bonds is 5. The highest BCUT2D eigenvalue weighted by atomic mass is 32.1. The molecule has 4 heteroatoms. The highest BCUT2D eigenvalue weighted by molar-refractivity contribution is 7.09. The van der Waals surface area contributed by atoms with Crippen LogP contribution in [0.5, 0.6) is 0 Å². The highest BCUT2D eigenvalue weighted by Gasteiger charge is 2.06. The van der Waals surface area contributed by atoms with Crippen molar-refractivity contribution in [2.75, 3.05) is 6.54 Å². The molecule has 86 valence electrons. The zero-order valence-electron chi connectivity index (χ0n) is 9.44. The number of hydrogen-bond donors (Lipinski definition) is 2. The molecule has 3 nitrogen and oxygen atoms in total. The molecule has 0 bridgehead atoms. The maximum atomic E-state index is 5.60. The first-order chi connectivity index (χ1) is 7.79. The summed E-state index contributed by atoms with van der Waals surface area (Å²) in [5.41, 5.74) is 7.83. The van der Waals surface area contributed by atoms with Crippen LogP contribution in [0.2, 0.25) is 0 Å². The van der Waals surface area contributed by atoms with Gasteiger partial charge in [-0.15, -0.1) is 11.3 Å². The fourth-order valence-electron chi connectivity index (χ4n) is 1.53. The third-order valence-corrected chi connectivity index (χ3v) is 3.61. The van der Waals surface area contributed by atoms with Crippen molar-refractivity contribution in [2.24, 2.45) is 11.7 Å². The summed E-state index contributed by atoms with van der Waals surface area (Å²) in [5, 5.41) is 3.32. The van der Waals surface area contributed by atoms with Gasteiger partial charge < -0.3 is 10.7 Å². The molecule has 0 aliphatic carbocycles. The second-order valence-electron chi connectivity index (χ2n) is 4.11. The number of aromatic nitrogens is 2. The number of nitrogens with one attached hydrogen (secondary N) is 1. The first-order valence-electron chi connectivity index (χ1n) is 5.57. The molecular formula is C12H17N3S. The minimum Gasteiger partial charge on any atom is -0.367 e. The normalized spacial score (nSPS) is 12.9. The fraction of sp³-hybridized carbons (Fsp3) is 0.417. The number of nitrogens with two attached hydrogens (primary N) is 1. The molecule has 0 spiro atoms. The zero-order valence-corrected chi connectivity index (χ0v) is 10.3. The Morgan fingerprint density at radius 2 is 2.44 bits per heavy atom. The van der Waals surface area contributed by atoms with Crippen LogP contribution < -0.4 is 5.73 Å². The van der Waals surface area contributed by atoms with Gasteiger partial charge in [-0.2, -0.15) is 0 Å². The van der Waals surface area contributed by atoms with E-state index < -0.39 is 0 Å². The van der Waals surface area contributed by atoms with E-state index in [4.69, 9.17) is 5.73 Å². The standard InChI is InChI=1S/C12H17N3S/c1-9(6-13)2-3-12-15-11(8-16-12)10-4-5-14-7-10/h4-5,7-9,14H,2-3,6,13H2,1H3. The van der Waals surface area contributed by atoms with E-state index in [1.54, 1.807) is 11.3 Å². The number of nitrogens with zero attached hydrogens (tertiary/aromatic N) is 1. The summed E-state index contributed by atoms with van der Waals surface area (Å²) in [6.07, 6.45) is 6.05. The summed E-state index contributed by atoms with van der Waals surface area (Å²) in [6.45, 7) is 2.94. The van der Waals surface area contributed by atoms with Gasteiger partial charge in [-0.1, -0.05) is 6.92 Å². The monoisotopic (exact) mass is 235 g/mol. The summed E-state index contributed by atoms with van der Waals surface area (Å²) >= 11 is 1.73. The Labute approximate surface area is 99.7 Å². The van der Waals surface area contributed by atoms with Gasteiger partial charge in [0.05, 0.1) is 10.7 Å². The molecule has 0 amide bonds. The SMILES string of the molecule is CC(CN)CCc1nc(-c2cc[nH]c2)cs1. The lowest BCUT2D eigenvalue weighted by atomic mass is 10.1. The fourth-order valence-corrected chi connectivity index (χ4v) is 2.35. The number of aryl methyl sites for hydroxylation is 1. The van der Waals surface area contributed by atoms with E-state index in [0.29, 0.717) is 5.92 Å². The second-order valence-corrected chi connectivity index (χ2v) is 5.05. The van der Waals surface area contributed by atoms with Gasteiger partial charge in [-0.3, -0.25) is 0 Å². The van der Waals surface area contributed by atoms with Crippen molar-refractivity contribution in [1.29, 1.82) is 0 Å². The minimum atomic E-state index is 0.583. The van der Waals surface area contributed by atoms with E-state index in [1.807, 2.05) is 18.5 Å². The van der Waals surface area contributed by atoms with Gasteiger partial charge in [0.2, 0.25) is 0 Å². The molecule has 2 rings (SSSR count). The van der Waals surface area contributed by atoms with Crippen LogP contribution in [-0.4, -0.2) is 16.5 Å². The van der Waals surface area contributed by atoms with Crippen molar-refractivity contribution in [3.8, 4) is 11.3 Å². The first-order valence-corrected chi connectivity index (χ1v) is 6.45. The minimum absolute atomic E-state index is 0.583. The molecule has 2 aromatic rings. The van der Waals surface area contributed by atoms with Gasteiger partial charge >= 0.3 is 0 Å². The Balaban J connectivity index is 1.98. The Morgan fingerprint density at radius 1 is 1.56 bits per heavy atom. The van der Waals surface area contributed by atoms with E-state index in [0.717, 1.165) is 30.6 Å². The van der Waals surface area contributed by atoms with Crippen LogP contribution in [-0.2, 0) is 6.42 Å². The predicted molar refractivity (Wildman–Crippen MR) is 68.4 cm³/mol. The molecule has 1 atom stereocenters. The highest BCUT2D eigenvalue weighted by Crippen LogP contribution is 2.22. The summed E-state index contributed by atoms with van der Waals surface area (Å²) < 4.78 is 0. The lowest BCUT2D eigenvalue weighted by Crippen LogP contribution is -2.11. The van der Waals surface area contributed by atoms with E-state index in [2.05, 4.69) is 22.3 Å². The molecule has 3 N–H and O–H groups in total. The van der Waals surface area contributed by atoms with Crippen molar-refractivity contribution in [1.82, 2.24) is 9.97 Å². The average Bonchev–Trinajstić information content (AvgIpc) is 2.95. The van der Waals surface area contributed by atoms with E-state index >= 15 is 0 Å². The molecule has 2 heterocycles. The van der Waals surface area contributed by atoms with Crippen molar-refractivity contribution in [3.05, 3.63) is 28.8 Å². The molecule has 16 heavy (non-hydrogen) atoms. The van der Waals surface area contributed by atoms with E-state index in [1.165, 1.54) is 5.01 Å². The molecule has 0 aliphatic heterocycles. The number of H-pyrrole nitrogens is 1. The predicted octanol–water partition coefficient (Wildman–Crippen LogP) is 2.67. The molecule has 0 fully saturated rings. The maximum absolute atomic E-state index is 5.60. The average molecular weight is 235 g/mol. The molecular weight excluding hydrogens is 218 g/mol. The first kappa shape index (κ1) is 11.4. The molecule has 2 aromatic heterocycles. The third-order valence-electron chi connectivity index (χ3n) is 2.70. The lowest BCUT2D eigenvalue weighted by molar-refractivity contribution is 0.544. The molecule has 0 aliphatic rings. The van der Waals surface area contributed by atoms with Crippen LogP contribution in [0.25, 0.3) is 11.3 Å². The smallest absolute Gasteiger partial charge is 0.0932 e. The van der Waals surface area contributed by atoms with Gasteiger partial charge in [-0.25, -0.2) is 4.98 Å². The van der Waals surface area contributed by atoms with Crippen molar-refractivity contribution >= 4 is 11.3 Å². The Hall–Kier alpha value is -1.13. The number of hydrogen-bond acceptors (Lipinski definition) is 3. The van der Waals surface area contributed by atoms with Crippen LogP contribution in [0.1, 0.15) is 18.4 Å². The van der Waals surface area contributed by atoms with Crippen molar-refractivity contribution < 1.29 is 0 Å². The van der Waals surface area contributed by atoms with E-state index in [9.17, 15) is 0 Å². The summed E-state index contributed by atoms with van der Waals surface area (Å²) in [7, 11) is 0. The van der Waals surface area contributed by atoms with Crippen LogP contribution in [0.3, 0.4) is 0 Å². The largest absolute Gasteiger partial charge is 0.367 e. The number of thiazole rings is 1. The van der Waals surface area contributed by atoms with Gasteiger partial charge in [0.15, 0.2) is 0 Å². The van der Waals surface area contributed by atoms with Crippen molar-refractivity contribution in [2.45, 2.75) is 19.8 Å². The summed E-state index contributed by atoms with van der Waals surface area (Å²) in [4.78, 5) is 7.66. The molecule has 0 saturated carbocycles. The Kier molecular flexibility index (Phi) is 3.74. The van der Waals surface area contributed by atoms with Gasteiger partial charge in [0, 0.05) is 23.3 Å². The van der Waals surface area contributed by atoms with Gasteiger partial charge in [0.25, 0.3) is 0 Å². The molecule has 0 saturated heterocycles. The molecule has 0 radical (unpaired) electrons. The summed E-state index contributed by atoms with van der Waals surface area (Å²) in [5.74, 6) is 0.583. The summed E-state index contributed by atoms with van der Waals surface area (Å²) in [6, 6.07) is 2.04. The van der Waals surface area contributed by atoms with Crippen LogP contribution in [0.4, 0.5) is 0 Å². The van der Waals surface area contributed by atoms with Crippen LogP contribution in [0.15, 0.2) is 23.8 Å². The van der Waals surface area contributed by atoms with Gasteiger partial charge in [-0.05, 0) is 31.4 Å². The molecule has 0 aromatic carbocycles. The Bertz CT molecular complexity index is 419.